The van der Waals surface area contributed by atoms with Gasteiger partial charge in [-0.2, -0.15) is 0 Å². The summed E-state index contributed by atoms with van der Waals surface area (Å²) in [5.74, 6) is 0.455. The zero-order chi connectivity index (χ0) is 10.5. The van der Waals surface area contributed by atoms with Crippen LogP contribution in [0.15, 0.2) is 36.7 Å². The lowest BCUT2D eigenvalue weighted by atomic mass is 10.3. The third-order valence-corrected chi connectivity index (χ3v) is 1.95. The first-order valence-electron chi connectivity index (χ1n) is 4.35. The molecule has 0 atom stereocenters. The van der Waals surface area contributed by atoms with Gasteiger partial charge in [-0.15, -0.1) is 10.2 Å². The summed E-state index contributed by atoms with van der Waals surface area (Å²) in [5, 5.41) is 7.80. The van der Waals surface area contributed by atoms with Crippen LogP contribution in [0.3, 0.4) is 0 Å². The third kappa shape index (κ3) is 2.89. The second-order valence-electron chi connectivity index (χ2n) is 2.84. The molecule has 5 heteroatoms. The predicted molar refractivity (Wildman–Crippen MR) is 55.6 cm³/mol. The van der Waals surface area contributed by atoms with Gasteiger partial charge in [0.15, 0.2) is 5.15 Å². The number of ether oxygens (including phenoxy) is 1. The lowest BCUT2D eigenvalue weighted by Crippen LogP contribution is -1.98. The minimum atomic E-state index is 0.353. The van der Waals surface area contributed by atoms with Gasteiger partial charge in [0.2, 0.25) is 5.88 Å². The van der Waals surface area contributed by atoms with E-state index in [2.05, 4.69) is 15.2 Å². The molecular weight excluding hydrogens is 214 g/mol. The summed E-state index contributed by atoms with van der Waals surface area (Å²) in [6.45, 7) is 0.443. The Morgan fingerprint density at radius 3 is 2.53 bits per heavy atom. The number of pyridine rings is 1. The van der Waals surface area contributed by atoms with Crippen molar-refractivity contribution >= 4 is 11.6 Å². The van der Waals surface area contributed by atoms with Gasteiger partial charge in [0.1, 0.15) is 6.61 Å². The monoisotopic (exact) mass is 221 g/mol. The Hall–Kier alpha value is -1.68. The molecule has 0 aliphatic rings. The van der Waals surface area contributed by atoms with Gasteiger partial charge in [-0.1, -0.05) is 11.6 Å². The summed E-state index contributed by atoms with van der Waals surface area (Å²) in [6, 6.07) is 7.07. The van der Waals surface area contributed by atoms with Crippen LogP contribution in [0.4, 0.5) is 0 Å². The Balaban J connectivity index is 1.96. The summed E-state index contributed by atoms with van der Waals surface area (Å²) >= 11 is 5.59. The van der Waals surface area contributed by atoms with Gasteiger partial charge in [-0.05, 0) is 23.8 Å². The second kappa shape index (κ2) is 4.70. The fraction of sp³-hybridized carbons (Fsp3) is 0.100. The lowest BCUT2D eigenvalue weighted by molar-refractivity contribution is 0.290. The summed E-state index contributed by atoms with van der Waals surface area (Å²) in [5.41, 5.74) is 1.03. The first-order valence-corrected chi connectivity index (χ1v) is 4.73. The predicted octanol–water partition coefficient (Wildman–Crippen LogP) is 2.10. The van der Waals surface area contributed by atoms with Crippen molar-refractivity contribution < 1.29 is 4.74 Å². The molecule has 0 spiro atoms. The molecule has 0 radical (unpaired) electrons. The molecule has 76 valence electrons. The number of halogens is 1. The molecule has 0 aliphatic heterocycles. The second-order valence-corrected chi connectivity index (χ2v) is 3.23. The molecule has 2 aromatic heterocycles. The maximum Gasteiger partial charge on any atom is 0.233 e. The average molecular weight is 222 g/mol. The van der Waals surface area contributed by atoms with Gasteiger partial charge in [0.05, 0.1) is 0 Å². The van der Waals surface area contributed by atoms with Crippen LogP contribution in [0.2, 0.25) is 5.15 Å². The Morgan fingerprint density at radius 1 is 1.07 bits per heavy atom. The average Bonchev–Trinajstić information content (AvgIpc) is 2.30. The number of hydrogen-bond acceptors (Lipinski definition) is 4. The van der Waals surface area contributed by atoms with E-state index in [1.807, 2.05) is 12.1 Å². The number of nitrogens with zero attached hydrogens (tertiary/aromatic N) is 3. The first-order chi connectivity index (χ1) is 7.34. The van der Waals surface area contributed by atoms with Gasteiger partial charge in [0, 0.05) is 18.5 Å². The Labute approximate surface area is 91.9 Å². The van der Waals surface area contributed by atoms with Crippen molar-refractivity contribution in [2.45, 2.75) is 6.61 Å². The molecule has 0 saturated carbocycles. The molecule has 0 N–H and O–H groups in total. The van der Waals surface area contributed by atoms with Gasteiger partial charge in [-0.25, -0.2) is 0 Å². The standard InChI is InChI=1S/C10H8ClN3O/c11-9-1-2-10(14-13-9)15-7-8-3-5-12-6-4-8/h1-6H,7H2. The van der Waals surface area contributed by atoms with E-state index in [9.17, 15) is 0 Å². The minimum Gasteiger partial charge on any atom is -0.472 e. The molecule has 2 heterocycles. The van der Waals surface area contributed by atoms with Crippen molar-refractivity contribution in [1.29, 1.82) is 0 Å². The highest BCUT2D eigenvalue weighted by Gasteiger charge is 1.97. The van der Waals surface area contributed by atoms with E-state index in [0.29, 0.717) is 17.6 Å². The van der Waals surface area contributed by atoms with Crippen molar-refractivity contribution in [2.24, 2.45) is 0 Å². The van der Waals surface area contributed by atoms with Gasteiger partial charge >= 0.3 is 0 Å². The molecule has 2 rings (SSSR count). The van der Waals surface area contributed by atoms with Gasteiger partial charge in [0.25, 0.3) is 0 Å². The van der Waals surface area contributed by atoms with Gasteiger partial charge in [-0.3, -0.25) is 4.98 Å². The molecule has 2 aromatic rings. The molecule has 0 aromatic carbocycles. The van der Waals surface area contributed by atoms with Crippen molar-refractivity contribution in [2.75, 3.05) is 0 Å². The molecule has 0 amide bonds. The number of rotatable bonds is 3. The van der Waals surface area contributed by atoms with Crippen LogP contribution in [0.5, 0.6) is 5.88 Å². The van der Waals surface area contributed by atoms with Crippen LogP contribution >= 0.6 is 11.6 Å². The smallest absolute Gasteiger partial charge is 0.233 e. The first kappa shape index (κ1) is 9.86. The molecule has 0 unspecified atom stereocenters. The van der Waals surface area contributed by atoms with Crippen LogP contribution < -0.4 is 4.74 Å². The van der Waals surface area contributed by atoms with E-state index in [1.54, 1.807) is 24.5 Å². The van der Waals surface area contributed by atoms with Crippen molar-refractivity contribution in [1.82, 2.24) is 15.2 Å². The van der Waals surface area contributed by atoms with Crippen LogP contribution in [0.1, 0.15) is 5.56 Å². The lowest BCUT2D eigenvalue weighted by Gasteiger charge is -2.03. The fourth-order valence-corrected chi connectivity index (χ4v) is 1.12. The highest BCUT2D eigenvalue weighted by molar-refractivity contribution is 6.29. The largest absolute Gasteiger partial charge is 0.472 e. The quantitative estimate of drug-likeness (QED) is 0.797. The summed E-state index contributed by atoms with van der Waals surface area (Å²) in [4.78, 5) is 3.91. The Bertz CT molecular complexity index is 418. The molecular formula is C10H8ClN3O. The topological polar surface area (TPSA) is 47.9 Å². The molecule has 0 fully saturated rings. The van der Waals surface area contributed by atoms with E-state index in [4.69, 9.17) is 16.3 Å². The van der Waals surface area contributed by atoms with Gasteiger partial charge < -0.3 is 4.74 Å². The van der Waals surface area contributed by atoms with Crippen LogP contribution in [-0.4, -0.2) is 15.2 Å². The maximum absolute atomic E-state index is 5.59. The molecule has 4 nitrogen and oxygen atoms in total. The number of hydrogen-bond donors (Lipinski definition) is 0. The number of aromatic nitrogens is 3. The summed E-state index contributed by atoms with van der Waals surface area (Å²) < 4.78 is 5.39. The normalized spacial score (nSPS) is 9.93. The molecule has 15 heavy (non-hydrogen) atoms. The van der Waals surface area contributed by atoms with E-state index in [-0.39, 0.29) is 0 Å². The van der Waals surface area contributed by atoms with Crippen molar-refractivity contribution in [3.8, 4) is 5.88 Å². The summed E-state index contributed by atoms with van der Waals surface area (Å²) in [7, 11) is 0. The van der Waals surface area contributed by atoms with Crippen LogP contribution in [0, 0.1) is 0 Å². The van der Waals surface area contributed by atoms with Crippen molar-refractivity contribution in [3.05, 3.63) is 47.4 Å². The zero-order valence-electron chi connectivity index (χ0n) is 7.80. The SMILES string of the molecule is Clc1ccc(OCc2ccncc2)nn1. The Kier molecular flexibility index (Phi) is 3.09. The van der Waals surface area contributed by atoms with E-state index < -0.39 is 0 Å². The summed E-state index contributed by atoms with van der Waals surface area (Å²) in [6.07, 6.45) is 3.43. The molecule has 0 bridgehead atoms. The minimum absolute atomic E-state index is 0.353. The maximum atomic E-state index is 5.59. The highest BCUT2D eigenvalue weighted by Crippen LogP contribution is 2.10. The van der Waals surface area contributed by atoms with Crippen molar-refractivity contribution in [3.63, 3.8) is 0 Å². The third-order valence-electron chi connectivity index (χ3n) is 1.74. The highest BCUT2D eigenvalue weighted by atomic mass is 35.5. The Morgan fingerprint density at radius 2 is 1.87 bits per heavy atom. The van der Waals surface area contributed by atoms with E-state index in [1.165, 1.54) is 0 Å². The fourth-order valence-electron chi connectivity index (χ4n) is 1.02. The van der Waals surface area contributed by atoms with E-state index >= 15 is 0 Å². The zero-order valence-corrected chi connectivity index (χ0v) is 8.55. The van der Waals surface area contributed by atoms with Crippen LogP contribution in [0.25, 0.3) is 0 Å². The van der Waals surface area contributed by atoms with E-state index in [0.717, 1.165) is 5.56 Å². The molecule has 0 aliphatic carbocycles. The van der Waals surface area contributed by atoms with Crippen LogP contribution in [-0.2, 0) is 6.61 Å². The molecule has 0 saturated heterocycles.